The third-order valence-corrected chi connectivity index (χ3v) is 4.48. The number of aromatic amines is 1. The molecule has 0 bridgehead atoms. The van der Waals surface area contributed by atoms with E-state index in [4.69, 9.17) is 0 Å². The van der Waals surface area contributed by atoms with Gasteiger partial charge in [-0.25, -0.2) is 0 Å². The van der Waals surface area contributed by atoms with Gasteiger partial charge < -0.3 is 4.98 Å². The van der Waals surface area contributed by atoms with Crippen molar-refractivity contribution in [2.24, 2.45) is 0 Å². The number of aromatic nitrogens is 1. The van der Waals surface area contributed by atoms with Crippen molar-refractivity contribution in [2.75, 3.05) is 0 Å². The lowest BCUT2D eigenvalue weighted by atomic mass is 10.0. The first-order valence-electron chi connectivity index (χ1n) is 8.97. The van der Waals surface area contributed by atoms with Crippen molar-refractivity contribution >= 4 is 10.9 Å². The first-order chi connectivity index (χ1) is 10.4. The largest absolute Gasteiger partial charge is 0.361 e. The van der Waals surface area contributed by atoms with Crippen molar-refractivity contribution in [3.05, 3.63) is 36.0 Å². The minimum Gasteiger partial charge on any atom is -0.361 e. The number of nitrogens with one attached hydrogen (secondary N) is 1. The molecule has 116 valence electrons. The van der Waals surface area contributed by atoms with Crippen molar-refractivity contribution in [1.29, 1.82) is 0 Å². The number of fused-ring (bicyclic) bond motifs is 1. The van der Waals surface area contributed by atoms with Gasteiger partial charge in [0, 0.05) is 17.1 Å². The predicted octanol–water partition coefficient (Wildman–Crippen LogP) is 6.63. The molecule has 1 aromatic carbocycles. The lowest BCUT2D eigenvalue weighted by Gasteiger charge is -2.04. The fourth-order valence-corrected chi connectivity index (χ4v) is 3.17. The quantitative estimate of drug-likeness (QED) is 0.446. The molecule has 0 fully saturated rings. The molecule has 1 nitrogen and oxygen atoms in total. The van der Waals surface area contributed by atoms with Crippen LogP contribution >= 0.6 is 0 Å². The number of hydrogen-bond acceptors (Lipinski definition) is 0. The minimum atomic E-state index is 1.23. The summed E-state index contributed by atoms with van der Waals surface area (Å²) in [7, 11) is 0. The highest BCUT2D eigenvalue weighted by Crippen LogP contribution is 2.20. The van der Waals surface area contributed by atoms with E-state index in [1.165, 1.54) is 87.1 Å². The summed E-state index contributed by atoms with van der Waals surface area (Å²) >= 11 is 0. The highest BCUT2D eigenvalue weighted by Gasteiger charge is 2.01. The van der Waals surface area contributed by atoms with Crippen LogP contribution in [0.2, 0.25) is 0 Å². The molecule has 0 aliphatic carbocycles. The van der Waals surface area contributed by atoms with Gasteiger partial charge in [0.05, 0.1) is 0 Å². The summed E-state index contributed by atoms with van der Waals surface area (Å²) in [5, 5.41) is 1.41. The van der Waals surface area contributed by atoms with Gasteiger partial charge >= 0.3 is 0 Å². The van der Waals surface area contributed by atoms with Gasteiger partial charge in [-0.2, -0.15) is 0 Å². The first kappa shape index (κ1) is 16.1. The molecule has 0 saturated heterocycles. The normalized spacial score (nSPS) is 11.3. The highest BCUT2D eigenvalue weighted by molar-refractivity contribution is 5.82. The van der Waals surface area contributed by atoms with Gasteiger partial charge in [0.15, 0.2) is 0 Å². The zero-order valence-corrected chi connectivity index (χ0v) is 13.7. The molecule has 2 rings (SSSR count). The van der Waals surface area contributed by atoms with Gasteiger partial charge in [-0.15, -0.1) is 0 Å². The number of H-pyrrole nitrogens is 1. The summed E-state index contributed by atoms with van der Waals surface area (Å²) < 4.78 is 0. The van der Waals surface area contributed by atoms with E-state index in [0.717, 1.165) is 0 Å². The average Bonchev–Trinajstić information content (AvgIpc) is 2.98. The molecule has 1 aromatic heterocycles. The lowest BCUT2D eigenvalue weighted by Crippen LogP contribution is -1.87. The monoisotopic (exact) mass is 285 g/mol. The molecule has 0 aliphatic rings. The number of rotatable bonds is 11. The standard InChI is InChI=1S/C20H31N/c1-2-3-4-5-6-7-8-9-10-11-13-18-14-12-15-20-19(18)16-17-21-20/h12,14-17,21H,2-11,13H2,1H3. The van der Waals surface area contributed by atoms with Gasteiger partial charge in [0.25, 0.3) is 0 Å². The third kappa shape index (κ3) is 5.57. The Balaban J connectivity index is 1.53. The Bertz CT molecular complexity index is 497. The van der Waals surface area contributed by atoms with Crippen LogP contribution in [0.15, 0.2) is 30.5 Å². The molecular formula is C20H31N. The molecule has 1 heterocycles. The fraction of sp³-hybridized carbons (Fsp3) is 0.600. The van der Waals surface area contributed by atoms with Gasteiger partial charge in [-0.3, -0.25) is 0 Å². The molecule has 0 aliphatic heterocycles. The number of benzene rings is 1. The predicted molar refractivity (Wildman–Crippen MR) is 93.8 cm³/mol. The molecule has 0 unspecified atom stereocenters. The number of unbranched alkanes of at least 4 members (excludes halogenated alkanes) is 9. The molecule has 21 heavy (non-hydrogen) atoms. The average molecular weight is 285 g/mol. The lowest BCUT2D eigenvalue weighted by molar-refractivity contribution is 0.556. The second-order valence-corrected chi connectivity index (χ2v) is 6.29. The van der Waals surface area contributed by atoms with E-state index in [1.807, 2.05) is 6.20 Å². The van der Waals surface area contributed by atoms with E-state index < -0.39 is 0 Å². The van der Waals surface area contributed by atoms with Gasteiger partial charge in [0.2, 0.25) is 0 Å². The Labute approximate surface area is 130 Å². The molecule has 0 amide bonds. The molecule has 0 radical (unpaired) electrons. The van der Waals surface area contributed by atoms with Crippen LogP contribution in [0, 0.1) is 0 Å². The van der Waals surface area contributed by atoms with Crippen LogP contribution < -0.4 is 0 Å². The molecule has 0 saturated carbocycles. The molecular weight excluding hydrogens is 254 g/mol. The Kier molecular flexibility index (Phi) is 7.42. The van der Waals surface area contributed by atoms with Crippen LogP contribution in [-0.2, 0) is 6.42 Å². The molecule has 1 N–H and O–H groups in total. The molecule has 1 heteroatoms. The number of aryl methyl sites for hydroxylation is 1. The van der Waals surface area contributed by atoms with Gasteiger partial charge in [-0.1, -0.05) is 76.8 Å². The molecule has 2 aromatic rings. The van der Waals surface area contributed by atoms with E-state index >= 15 is 0 Å². The van der Waals surface area contributed by atoms with Crippen molar-refractivity contribution in [3.8, 4) is 0 Å². The Morgan fingerprint density at radius 3 is 2.14 bits per heavy atom. The molecule has 0 atom stereocenters. The summed E-state index contributed by atoms with van der Waals surface area (Å²) in [4.78, 5) is 3.30. The van der Waals surface area contributed by atoms with Crippen LogP contribution in [-0.4, -0.2) is 4.98 Å². The summed E-state index contributed by atoms with van der Waals surface area (Å²) in [5.41, 5.74) is 2.79. The van der Waals surface area contributed by atoms with Gasteiger partial charge in [-0.05, 0) is 30.5 Å². The second kappa shape index (κ2) is 9.65. The van der Waals surface area contributed by atoms with Crippen LogP contribution in [0.4, 0.5) is 0 Å². The maximum atomic E-state index is 3.30. The van der Waals surface area contributed by atoms with E-state index in [-0.39, 0.29) is 0 Å². The van der Waals surface area contributed by atoms with Crippen molar-refractivity contribution in [1.82, 2.24) is 4.98 Å². The van der Waals surface area contributed by atoms with Crippen LogP contribution in [0.25, 0.3) is 10.9 Å². The second-order valence-electron chi connectivity index (χ2n) is 6.29. The van der Waals surface area contributed by atoms with Crippen LogP contribution in [0.5, 0.6) is 0 Å². The molecule has 0 spiro atoms. The van der Waals surface area contributed by atoms with E-state index in [2.05, 4.69) is 36.2 Å². The minimum absolute atomic E-state index is 1.23. The zero-order chi connectivity index (χ0) is 14.8. The zero-order valence-electron chi connectivity index (χ0n) is 13.7. The fourth-order valence-electron chi connectivity index (χ4n) is 3.17. The number of hydrogen-bond donors (Lipinski definition) is 1. The summed E-state index contributed by atoms with van der Waals surface area (Å²) in [6.07, 6.45) is 17.4. The van der Waals surface area contributed by atoms with Crippen LogP contribution in [0.1, 0.15) is 76.7 Å². The van der Waals surface area contributed by atoms with E-state index in [0.29, 0.717) is 0 Å². The SMILES string of the molecule is CCCCCCCCCCCCc1cccc2[nH]ccc12. The summed E-state index contributed by atoms with van der Waals surface area (Å²) in [6, 6.07) is 8.83. The summed E-state index contributed by atoms with van der Waals surface area (Å²) in [5.74, 6) is 0. The maximum Gasteiger partial charge on any atom is 0.0456 e. The smallest absolute Gasteiger partial charge is 0.0456 e. The topological polar surface area (TPSA) is 15.8 Å². The maximum absolute atomic E-state index is 3.30. The Morgan fingerprint density at radius 1 is 0.762 bits per heavy atom. The highest BCUT2D eigenvalue weighted by atomic mass is 14.7. The van der Waals surface area contributed by atoms with E-state index in [9.17, 15) is 0 Å². The van der Waals surface area contributed by atoms with E-state index in [1.54, 1.807) is 0 Å². The Hall–Kier alpha value is -1.24. The van der Waals surface area contributed by atoms with Crippen LogP contribution in [0.3, 0.4) is 0 Å². The van der Waals surface area contributed by atoms with Crippen molar-refractivity contribution < 1.29 is 0 Å². The Morgan fingerprint density at radius 2 is 1.43 bits per heavy atom. The third-order valence-electron chi connectivity index (χ3n) is 4.48. The van der Waals surface area contributed by atoms with Crippen molar-refractivity contribution in [2.45, 2.75) is 77.6 Å². The van der Waals surface area contributed by atoms with Crippen molar-refractivity contribution in [3.63, 3.8) is 0 Å². The summed E-state index contributed by atoms with van der Waals surface area (Å²) in [6.45, 7) is 2.29. The van der Waals surface area contributed by atoms with Gasteiger partial charge in [0.1, 0.15) is 0 Å². The first-order valence-corrected chi connectivity index (χ1v) is 8.97.